The van der Waals surface area contributed by atoms with Crippen molar-refractivity contribution in [1.82, 2.24) is 19.9 Å². The van der Waals surface area contributed by atoms with Gasteiger partial charge in [0.1, 0.15) is 11.6 Å². The SMILES string of the molecule is Cc1nc(Nc2nccs2)cc(C2CCCCN2C(=O)C(C)C)n1. The van der Waals surface area contributed by atoms with Crippen LogP contribution in [0.4, 0.5) is 10.9 Å². The number of carbonyl (C=O) groups is 1. The predicted molar refractivity (Wildman–Crippen MR) is 95.3 cm³/mol. The van der Waals surface area contributed by atoms with Crippen molar-refractivity contribution < 1.29 is 4.79 Å². The molecule has 1 amide bonds. The van der Waals surface area contributed by atoms with Gasteiger partial charge in [0.05, 0.1) is 11.7 Å². The van der Waals surface area contributed by atoms with Crippen LogP contribution in [0.5, 0.6) is 0 Å². The van der Waals surface area contributed by atoms with Crippen LogP contribution in [0.15, 0.2) is 17.6 Å². The molecule has 0 spiro atoms. The maximum absolute atomic E-state index is 12.6. The van der Waals surface area contributed by atoms with Gasteiger partial charge in [-0.15, -0.1) is 11.3 Å². The third-order valence-electron chi connectivity index (χ3n) is 4.15. The molecule has 0 aliphatic carbocycles. The molecule has 7 heteroatoms. The van der Waals surface area contributed by atoms with Gasteiger partial charge in [-0.25, -0.2) is 15.0 Å². The number of aromatic nitrogens is 3. The van der Waals surface area contributed by atoms with Crippen LogP contribution in [-0.4, -0.2) is 32.3 Å². The largest absolute Gasteiger partial charge is 0.334 e. The van der Waals surface area contributed by atoms with E-state index in [0.29, 0.717) is 5.82 Å². The van der Waals surface area contributed by atoms with Gasteiger partial charge in [0.15, 0.2) is 5.13 Å². The summed E-state index contributed by atoms with van der Waals surface area (Å²) in [6, 6.07) is 1.98. The summed E-state index contributed by atoms with van der Waals surface area (Å²) in [6.07, 6.45) is 4.88. The second kappa shape index (κ2) is 7.25. The molecule has 1 aliphatic heterocycles. The molecule has 0 aromatic carbocycles. The highest BCUT2D eigenvalue weighted by Crippen LogP contribution is 2.32. The molecule has 1 fully saturated rings. The second-order valence-electron chi connectivity index (χ2n) is 6.39. The number of hydrogen-bond acceptors (Lipinski definition) is 6. The van der Waals surface area contributed by atoms with Gasteiger partial charge in [-0.1, -0.05) is 13.8 Å². The zero-order chi connectivity index (χ0) is 17.1. The molecule has 3 rings (SSSR count). The van der Waals surface area contributed by atoms with Crippen molar-refractivity contribution in [2.75, 3.05) is 11.9 Å². The van der Waals surface area contributed by atoms with Gasteiger partial charge in [0, 0.05) is 30.1 Å². The molecule has 24 heavy (non-hydrogen) atoms. The Hall–Kier alpha value is -2.02. The minimum Gasteiger partial charge on any atom is -0.334 e. The van der Waals surface area contributed by atoms with Crippen LogP contribution in [0.25, 0.3) is 0 Å². The lowest BCUT2D eigenvalue weighted by atomic mass is 9.97. The van der Waals surface area contributed by atoms with Crippen LogP contribution in [0.3, 0.4) is 0 Å². The topological polar surface area (TPSA) is 71.0 Å². The second-order valence-corrected chi connectivity index (χ2v) is 7.28. The Morgan fingerprint density at radius 2 is 2.21 bits per heavy atom. The van der Waals surface area contributed by atoms with Crippen LogP contribution in [0, 0.1) is 12.8 Å². The van der Waals surface area contributed by atoms with Crippen molar-refractivity contribution in [2.24, 2.45) is 5.92 Å². The normalized spacial score (nSPS) is 18.0. The summed E-state index contributed by atoms with van der Waals surface area (Å²) < 4.78 is 0. The van der Waals surface area contributed by atoms with Crippen LogP contribution in [0.2, 0.25) is 0 Å². The summed E-state index contributed by atoms with van der Waals surface area (Å²) in [4.78, 5) is 27.9. The van der Waals surface area contributed by atoms with Crippen LogP contribution < -0.4 is 5.32 Å². The Balaban J connectivity index is 1.88. The van der Waals surface area contributed by atoms with Gasteiger partial charge in [-0.3, -0.25) is 4.79 Å². The minimum absolute atomic E-state index is 0.00134. The third kappa shape index (κ3) is 3.72. The van der Waals surface area contributed by atoms with Crippen molar-refractivity contribution in [3.63, 3.8) is 0 Å². The first kappa shape index (κ1) is 16.8. The van der Waals surface area contributed by atoms with Crippen molar-refractivity contribution in [3.05, 3.63) is 29.2 Å². The number of carbonyl (C=O) groups excluding carboxylic acids is 1. The molecule has 0 radical (unpaired) electrons. The summed E-state index contributed by atoms with van der Waals surface area (Å²) in [5, 5.41) is 5.95. The molecular formula is C17H23N5OS. The molecule has 1 aliphatic rings. The molecule has 0 saturated carbocycles. The molecule has 3 heterocycles. The van der Waals surface area contributed by atoms with E-state index in [4.69, 9.17) is 0 Å². The number of nitrogens with zero attached hydrogens (tertiary/aromatic N) is 4. The van der Waals surface area contributed by atoms with Crippen LogP contribution in [0.1, 0.15) is 50.7 Å². The molecule has 2 aromatic rings. The Bertz CT molecular complexity index is 701. The van der Waals surface area contributed by atoms with E-state index in [9.17, 15) is 4.79 Å². The third-order valence-corrected chi connectivity index (χ3v) is 4.83. The summed E-state index contributed by atoms with van der Waals surface area (Å²) >= 11 is 1.53. The number of aryl methyl sites for hydroxylation is 1. The molecule has 1 saturated heterocycles. The Labute approximate surface area is 146 Å². The van der Waals surface area contributed by atoms with Gasteiger partial charge >= 0.3 is 0 Å². The highest BCUT2D eigenvalue weighted by molar-refractivity contribution is 7.13. The number of hydrogen-bond donors (Lipinski definition) is 1. The number of rotatable bonds is 4. The molecule has 128 valence electrons. The molecular weight excluding hydrogens is 322 g/mol. The first-order chi connectivity index (χ1) is 11.5. The first-order valence-electron chi connectivity index (χ1n) is 8.37. The van der Waals surface area contributed by atoms with E-state index in [-0.39, 0.29) is 17.9 Å². The Morgan fingerprint density at radius 1 is 1.38 bits per heavy atom. The average molecular weight is 345 g/mol. The standard InChI is InChI=1S/C17H23N5OS/c1-11(2)16(23)22-8-5-4-6-14(22)13-10-15(20-12(3)19-13)21-17-18-7-9-24-17/h7,9-11,14H,4-6,8H2,1-3H3,(H,18,19,20,21). The smallest absolute Gasteiger partial charge is 0.225 e. The number of likely N-dealkylation sites (tertiary alicyclic amines) is 1. The van der Waals surface area contributed by atoms with E-state index in [1.165, 1.54) is 11.3 Å². The summed E-state index contributed by atoms with van der Waals surface area (Å²) in [7, 11) is 0. The quantitative estimate of drug-likeness (QED) is 0.915. The zero-order valence-electron chi connectivity index (χ0n) is 14.3. The number of piperidine rings is 1. The molecule has 0 bridgehead atoms. The van der Waals surface area contributed by atoms with E-state index in [2.05, 4.69) is 20.3 Å². The predicted octanol–water partition coefficient (Wildman–Crippen LogP) is 3.69. The minimum atomic E-state index is 0.00134. The fraction of sp³-hybridized carbons (Fsp3) is 0.529. The monoisotopic (exact) mass is 345 g/mol. The number of thiazole rings is 1. The van der Waals surface area contributed by atoms with Gasteiger partial charge in [0.2, 0.25) is 5.91 Å². The lowest BCUT2D eigenvalue weighted by Crippen LogP contribution is -2.41. The van der Waals surface area contributed by atoms with Crippen molar-refractivity contribution in [2.45, 2.75) is 46.1 Å². The lowest BCUT2D eigenvalue weighted by Gasteiger charge is -2.36. The first-order valence-corrected chi connectivity index (χ1v) is 9.25. The number of nitrogens with one attached hydrogen (secondary N) is 1. The van der Waals surface area contributed by atoms with E-state index in [1.54, 1.807) is 6.20 Å². The van der Waals surface area contributed by atoms with E-state index < -0.39 is 0 Å². The van der Waals surface area contributed by atoms with Crippen molar-refractivity contribution in [1.29, 1.82) is 0 Å². The molecule has 2 aromatic heterocycles. The number of anilines is 2. The number of amides is 1. The highest BCUT2D eigenvalue weighted by atomic mass is 32.1. The molecule has 1 unspecified atom stereocenters. The van der Waals surface area contributed by atoms with Gasteiger partial charge in [0.25, 0.3) is 0 Å². The average Bonchev–Trinajstić information content (AvgIpc) is 3.06. The van der Waals surface area contributed by atoms with E-state index >= 15 is 0 Å². The fourth-order valence-electron chi connectivity index (χ4n) is 3.05. The highest BCUT2D eigenvalue weighted by Gasteiger charge is 2.30. The van der Waals surface area contributed by atoms with Gasteiger partial charge < -0.3 is 10.2 Å². The fourth-order valence-corrected chi connectivity index (χ4v) is 3.59. The molecule has 1 atom stereocenters. The molecule has 1 N–H and O–H groups in total. The van der Waals surface area contributed by atoms with Gasteiger partial charge in [-0.2, -0.15) is 0 Å². The Kier molecular flexibility index (Phi) is 5.08. The van der Waals surface area contributed by atoms with Crippen LogP contribution in [-0.2, 0) is 4.79 Å². The summed E-state index contributed by atoms with van der Waals surface area (Å²) in [5.74, 6) is 1.64. The van der Waals surface area contributed by atoms with Gasteiger partial charge in [-0.05, 0) is 26.2 Å². The maximum atomic E-state index is 12.6. The van der Waals surface area contributed by atoms with Crippen LogP contribution >= 0.6 is 11.3 Å². The van der Waals surface area contributed by atoms with E-state index in [1.807, 2.05) is 37.1 Å². The zero-order valence-corrected chi connectivity index (χ0v) is 15.1. The van der Waals surface area contributed by atoms with Crippen molar-refractivity contribution >= 4 is 28.2 Å². The molecule has 6 nitrogen and oxygen atoms in total. The summed E-state index contributed by atoms with van der Waals surface area (Å²) in [6.45, 7) is 6.59. The summed E-state index contributed by atoms with van der Waals surface area (Å²) in [5.41, 5.74) is 0.912. The lowest BCUT2D eigenvalue weighted by molar-refractivity contribution is -0.138. The Morgan fingerprint density at radius 3 is 2.92 bits per heavy atom. The van der Waals surface area contributed by atoms with E-state index in [0.717, 1.165) is 42.5 Å². The maximum Gasteiger partial charge on any atom is 0.225 e. The van der Waals surface area contributed by atoms with Crippen molar-refractivity contribution in [3.8, 4) is 0 Å².